The van der Waals surface area contributed by atoms with Gasteiger partial charge >= 0.3 is 0 Å². The Morgan fingerprint density at radius 3 is 2.82 bits per heavy atom. The molecule has 1 aliphatic heterocycles. The molecular formula is C14H19NO2. The molecule has 1 N–H and O–H groups in total. The predicted octanol–water partition coefficient (Wildman–Crippen LogP) is 2.51. The fourth-order valence-corrected chi connectivity index (χ4v) is 2.14. The Morgan fingerprint density at radius 1 is 1.41 bits per heavy atom. The summed E-state index contributed by atoms with van der Waals surface area (Å²) in [5.41, 5.74) is 2.49. The molecule has 0 unspecified atom stereocenters. The highest BCUT2D eigenvalue weighted by Crippen LogP contribution is 2.31. The molecule has 0 atom stereocenters. The third-order valence-corrected chi connectivity index (χ3v) is 3.29. The van der Waals surface area contributed by atoms with Crippen molar-refractivity contribution in [2.45, 2.75) is 13.3 Å². The summed E-state index contributed by atoms with van der Waals surface area (Å²) in [5, 5.41) is 9.56. The molecule has 0 spiro atoms. The van der Waals surface area contributed by atoms with Crippen molar-refractivity contribution in [2.24, 2.45) is 0 Å². The first-order valence-electron chi connectivity index (χ1n) is 6.03. The van der Waals surface area contributed by atoms with Crippen LogP contribution in [0.15, 0.2) is 24.3 Å². The Kier molecular flexibility index (Phi) is 3.69. The predicted molar refractivity (Wildman–Crippen MR) is 69.4 cm³/mol. The van der Waals surface area contributed by atoms with E-state index in [4.69, 9.17) is 4.74 Å². The van der Waals surface area contributed by atoms with Crippen LogP contribution in [-0.4, -0.2) is 36.8 Å². The largest absolute Gasteiger partial charge is 0.504 e. The van der Waals surface area contributed by atoms with Crippen LogP contribution in [0.25, 0.3) is 5.57 Å². The van der Waals surface area contributed by atoms with Crippen LogP contribution >= 0.6 is 0 Å². The van der Waals surface area contributed by atoms with Crippen molar-refractivity contribution in [1.82, 2.24) is 4.90 Å². The van der Waals surface area contributed by atoms with Crippen LogP contribution in [0.2, 0.25) is 0 Å². The SMILES string of the molecule is CCN1CC=C(c2ccc(O)c(OC)c2)CC1. The smallest absolute Gasteiger partial charge is 0.161 e. The molecule has 0 saturated heterocycles. The molecule has 0 saturated carbocycles. The molecule has 1 aromatic rings. The zero-order chi connectivity index (χ0) is 12.3. The molecule has 0 radical (unpaired) electrons. The van der Waals surface area contributed by atoms with E-state index in [1.165, 1.54) is 5.57 Å². The number of ether oxygens (including phenoxy) is 1. The van der Waals surface area contributed by atoms with Gasteiger partial charge in [0.1, 0.15) is 0 Å². The Labute approximate surface area is 102 Å². The highest BCUT2D eigenvalue weighted by molar-refractivity contribution is 5.68. The number of rotatable bonds is 3. The normalized spacial score (nSPS) is 16.7. The van der Waals surface area contributed by atoms with Gasteiger partial charge in [0.25, 0.3) is 0 Å². The van der Waals surface area contributed by atoms with E-state index in [-0.39, 0.29) is 5.75 Å². The summed E-state index contributed by atoms with van der Waals surface area (Å²) in [6.45, 7) is 5.39. The van der Waals surface area contributed by atoms with Gasteiger partial charge in [-0.05, 0) is 36.2 Å². The third-order valence-electron chi connectivity index (χ3n) is 3.29. The van der Waals surface area contributed by atoms with Gasteiger partial charge in [-0.15, -0.1) is 0 Å². The lowest BCUT2D eigenvalue weighted by atomic mass is 9.99. The van der Waals surface area contributed by atoms with Gasteiger partial charge < -0.3 is 9.84 Å². The van der Waals surface area contributed by atoms with Crippen LogP contribution in [-0.2, 0) is 0 Å². The van der Waals surface area contributed by atoms with E-state index in [1.54, 1.807) is 13.2 Å². The minimum atomic E-state index is 0.197. The molecule has 3 heteroatoms. The molecule has 0 bridgehead atoms. The second-order valence-electron chi connectivity index (χ2n) is 4.26. The summed E-state index contributed by atoms with van der Waals surface area (Å²) < 4.78 is 5.13. The fourth-order valence-electron chi connectivity index (χ4n) is 2.14. The van der Waals surface area contributed by atoms with Crippen molar-refractivity contribution in [3.63, 3.8) is 0 Å². The quantitative estimate of drug-likeness (QED) is 0.870. The van der Waals surface area contributed by atoms with Crippen LogP contribution in [0, 0.1) is 0 Å². The van der Waals surface area contributed by atoms with E-state index in [2.05, 4.69) is 17.9 Å². The topological polar surface area (TPSA) is 32.7 Å². The van der Waals surface area contributed by atoms with Gasteiger partial charge in [-0.3, -0.25) is 4.90 Å². The molecule has 17 heavy (non-hydrogen) atoms. The molecule has 0 aliphatic carbocycles. The summed E-state index contributed by atoms with van der Waals surface area (Å²) in [5.74, 6) is 0.740. The third kappa shape index (κ3) is 2.61. The summed E-state index contributed by atoms with van der Waals surface area (Å²) in [6, 6.07) is 5.55. The molecule has 3 nitrogen and oxygen atoms in total. The number of benzene rings is 1. The van der Waals surface area contributed by atoms with Crippen LogP contribution in [0.4, 0.5) is 0 Å². The molecule has 0 fully saturated rings. The summed E-state index contributed by atoms with van der Waals surface area (Å²) in [6.07, 6.45) is 3.32. The van der Waals surface area contributed by atoms with Crippen molar-refractivity contribution in [2.75, 3.05) is 26.7 Å². The average Bonchev–Trinajstić information content (AvgIpc) is 2.39. The van der Waals surface area contributed by atoms with E-state index in [0.29, 0.717) is 5.75 Å². The van der Waals surface area contributed by atoms with E-state index in [9.17, 15) is 5.11 Å². The number of likely N-dealkylation sites (N-methyl/N-ethyl adjacent to an activating group) is 1. The lowest BCUT2D eigenvalue weighted by Crippen LogP contribution is -2.27. The molecule has 1 aromatic carbocycles. The number of nitrogens with zero attached hydrogens (tertiary/aromatic N) is 1. The molecule has 2 rings (SSSR count). The number of phenols is 1. The van der Waals surface area contributed by atoms with E-state index >= 15 is 0 Å². The molecule has 92 valence electrons. The Balaban J connectivity index is 2.21. The summed E-state index contributed by atoms with van der Waals surface area (Å²) in [7, 11) is 1.58. The van der Waals surface area contributed by atoms with Gasteiger partial charge in [-0.25, -0.2) is 0 Å². The number of phenolic OH excluding ortho intramolecular Hbond substituents is 1. The van der Waals surface area contributed by atoms with Crippen molar-refractivity contribution >= 4 is 5.57 Å². The lowest BCUT2D eigenvalue weighted by molar-refractivity contribution is 0.318. The van der Waals surface area contributed by atoms with Gasteiger partial charge in [0, 0.05) is 13.1 Å². The summed E-state index contributed by atoms with van der Waals surface area (Å²) in [4.78, 5) is 2.40. The number of hydrogen-bond donors (Lipinski definition) is 1. The van der Waals surface area contributed by atoms with Gasteiger partial charge in [0.2, 0.25) is 0 Å². The standard InChI is InChI=1S/C14H19NO2/c1-3-15-8-6-11(7-9-15)12-4-5-13(16)14(10-12)17-2/h4-6,10,16H,3,7-9H2,1-2H3. The maximum Gasteiger partial charge on any atom is 0.161 e. The lowest BCUT2D eigenvalue weighted by Gasteiger charge is -2.25. The minimum Gasteiger partial charge on any atom is -0.504 e. The van der Waals surface area contributed by atoms with Crippen molar-refractivity contribution in [3.8, 4) is 11.5 Å². The van der Waals surface area contributed by atoms with E-state index < -0.39 is 0 Å². The molecule has 1 heterocycles. The Bertz CT molecular complexity index is 426. The number of hydrogen-bond acceptors (Lipinski definition) is 3. The first-order chi connectivity index (χ1) is 8.24. The van der Waals surface area contributed by atoms with Gasteiger partial charge in [0.05, 0.1) is 7.11 Å². The van der Waals surface area contributed by atoms with Crippen molar-refractivity contribution < 1.29 is 9.84 Å². The maximum atomic E-state index is 9.56. The molecular weight excluding hydrogens is 214 g/mol. The van der Waals surface area contributed by atoms with E-state index in [1.807, 2.05) is 12.1 Å². The molecule has 0 aromatic heterocycles. The Morgan fingerprint density at radius 2 is 2.24 bits per heavy atom. The van der Waals surface area contributed by atoms with Gasteiger partial charge in [-0.1, -0.05) is 19.1 Å². The second kappa shape index (κ2) is 5.23. The zero-order valence-corrected chi connectivity index (χ0v) is 10.4. The van der Waals surface area contributed by atoms with Crippen LogP contribution in [0.5, 0.6) is 11.5 Å². The van der Waals surface area contributed by atoms with Gasteiger partial charge in [-0.2, -0.15) is 0 Å². The van der Waals surface area contributed by atoms with Gasteiger partial charge in [0.15, 0.2) is 11.5 Å². The van der Waals surface area contributed by atoms with Crippen molar-refractivity contribution in [3.05, 3.63) is 29.8 Å². The van der Waals surface area contributed by atoms with Crippen LogP contribution in [0.3, 0.4) is 0 Å². The summed E-state index contributed by atoms with van der Waals surface area (Å²) >= 11 is 0. The number of methoxy groups -OCH3 is 1. The van der Waals surface area contributed by atoms with E-state index in [0.717, 1.165) is 31.6 Å². The average molecular weight is 233 g/mol. The number of aromatic hydroxyl groups is 1. The molecule has 1 aliphatic rings. The zero-order valence-electron chi connectivity index (χ0n) is 10.4. The highest BCUT2D eigenvalue weighted by Gasteiger charge is 2.12. The first kappa shape index (κ1) is 12.0. The van der Waals surface area contributed by atoms with Crippen molar-refractivity contribution in [1.29, 1.82) is 0 Å². The maximum absolute atomic E-state index is 9.56. The Hall–Kier alpha value is -1.48. The monoisotopic (exact) mass is 233 g/mol. The fraction of sp³-hybridized carbons (Fsp3) is 0.429. The van der Waals surface area contributed by atoms with Crippen LogP contribution in [0.1, 0.15) is 18.9 Å². The second-order valence-corrected chi connectivity index (χ2v) is 4.26. The minimum absolute atomic E-state index is 0.197. The van der Waals surface area contributed by atoms with Crippen LogP contribution < -0.4 is 4.74 Å². The molecule has 0 amide bonds. The highest BCUT2D eigenvalue weighted by atomic mass is 16.5. The first-order valence-corrected chi connectivity index (χ1v) is 6.03.